The summed E-state index contributed by atoms with van der Waals surface area (Å²) in [5.41, 5.74) is 2.75. The Hall–Kier alpha value is -2.28. The summed E-state index contributed by atoms with van der Waals surface area (Å²) in [6.07, 6.45) is 5.10. The quantitative estimate of drug-likeness (QED) is 0.675. The lowest BCUT2D eigenvalue weighted by atomic mass is 10.2. The van der Waals surface area contributed by atoms with Crippen molar-refractivity contribution < 1.29 is 9.32 Å². The van der Waals surface area contributed by atoms with E-state index in [-0.39, 0.29) is 17.7 Å². The second-order valence-corrected chi connectivity index (χ2v) is 7.32. The van der Waals surface area contributed by atoms with Crippen LogP contribution in [0.4, 0.5) is 0 Å². The summed E-state index contributed by atoms with van der Waals surface area (Å²) in [6, 6.07) is 9.43. The Morgan fingerprint density at radius 1 is 1.44 bits per heavy atom. The predicted octanol–water partition coefficient (Wildman–Crippen LogP) is 3.65. The zero-order valence-corrected chi connectivity index (χ0v) is 14.8. The smallest absolute Gasteiger partial charge is 0.290 e. The normalized spacial score (nSPS) is 15.4. The molecule has 6 nitrogen and oxygen atoms in total. The van der Waals surface area contributed by atoms with Crippen molar-refractivity contribution in [1.82, 2.24) is 20.4 Å². The number of aromatic amines is 1. The van der Waals surface area contributed by atoms with Gasteiger partial charge in [0.2, 0.25) is 5.76 Å². The molecule has 1 saturated carbocycles. The van der Waals surface area contributed by atoms with Gasteiger partial charge in [-0.1, -0.05) is 17.3 Å². The number of rotatable bonds is 7. The third-order valence-electron chi connectivity index (χ3n) is 4.40. The summed E-state index contributed by atoms with van der Waals surface area (Å²) in [4.78, 5) is 20.5. The molecule has 0 unspecified atom stereocenters. The maximum absolute atomic E-state index is 12.6. The Kier molecular flexibility index (Phi) is 4.48. The largest absolute Gasteiger partial charge is 0.351 e. The van der Waals surface area contributed by atoms with Crippen LogP contribution in [-0.2, 0) is 0 Å². The zero-order chi connectivity index (χ0) is 17.2. The average molecular weight is 356 g/mol. The lowest BCUT2D eigenvalue weighted by Gasteiger charge is -2.15. The number of fused-ring (bicyclic) bond motifs is 1. The molecule has 0 bridgehead atoms. The van der Waals surface area contributed by atoms with E-state index in [0.29, 0.717) is 5.92 Å². The minimum atomic E-state index is -0.244. The molecule has 0 aliphatic heterocycles. The minimum Gasteiger partial charge on any atom is -0.351 e. The van der Waals surface area contributed by atoms with Crippen LogP contribution in [0.1, 0.15) is 53.3 Å². The average Bonchev–Trinajstić information content (AvgIpc) is 3.20. The third-order valence-corrected chi connectivity index (χ3v) is 5.05. The van der Waals surface area contributed by atoms with Gasteiger partial charge in [-0.3, -0.25) is 4.79 Å². The van der Waals surface area contributed by atoms with E-state index in [9.17, 15) is 4.79 Å². The van der Waals surface area contributed by atoms with Crippen LogP contribution in [-0.4, -0.2) is 33.0 Å². The Balaban J connectivity index is 1.54. The number of imidazole rings is 1. The molecular formula is C18H20N4O2S. The molecule has 2 aromatic heterocycles. The van der Waals surface area contributed by atoms with E-state index in [2.05, 4.69) is 26.7 Å². The van der Waals surface area contributed by atoms with E-state index in [1.165, 1.54) is 0 Å². The second kappa shape index (κ2) is 6.92. The summed E-state index contributed by atoms with van der Waals surface area (Å²) in [7, 11) is 0. The van der Waals surface area contributed by atoms with Gasteiger partial charge in [0.1, 0.15) is 5.82 Å². The Morgan fingerprint density at radius 3 is 3.04 bits per heavy atom. The molecule has 1 amide bonds. The van der Waals surface area contributed by atoms with E-state index >= 15 is 0 Å². The van der Waals surface area contributed by atoms with Crippen molar-refractivity contribution in [2.75, 3.05) is 12.0 Å². The lowest BCUT2D eigenvalue weighted by Crippen LogP contribution is -2.29. The summed E-state index contributed by atoms with van der Waals surface area (Å²) in [5.74, 6) is 2.18. The van der Waals surface area contributed by atoms with Gasteiger partial charge in [0.25, 0.3) is 5.91 Å². The van der Waals surface area contributed by atoms with Gasteiger partial charge in [-0.15, -0.1) is 0 Å². The minimum absolute atomic E-state index is 0.193. The van der Waals surface area contributed by atoms with Gasteiger partial charge in [-0.2, -0.15) is 11.8 Å². The van der Waals surface area contributed by atoms with Crippen LogP contribution < -0.4 is 5.32 Å². The molecule has 1 atom stereocenters. The highest BCUT2D eigenvalue weighted by Gasteiger charge is 2.29. The highest BCUT2D eigenvalue weighted by Crippen LogP contribution is 2.39. The van der Waals surface area contributed by atoms with E-state index in [4.69, 9.17) is 4.52 Å². The fourth-order valence-electron chi connectivity index (χ4n) is 2.85. The molecule has 1 fully saturated rings. The number of carbonyl (C=O) groups excluding carboxylic acids is 1. The Bertz CT molecular complexity index is 851. The standard InChI is InChI=1S/C18H20N4O2S/c1-25-9-8-14(17-19-12-4-2-3-5-13(12)20-17)21-18(23)16-10-15(22-24-16)11-6-7-11/h2-5,10-11,14H,6-9H2,1H3,(H,19,20)(H,21,23)/t14-/m1/s1. The van der Waals surface area contributed by atoms with Crippen molar-refractivity contribution in [3.63, 3.8) is 0 Å². The molecule has 0 saturated heterocycles. The van der Waals surface area contributed by atoms with Crippen LogP contribution in [0.2, 0.25) is 0 Å². The van der Waals surface area contributed by atoms with Crippen LogP contribution in [0.3, 0.4) is 0 Å². The van der Waals surface area contributed by atoms with E-state index < -0.39 is 0 Å². The number of nitrogens with zero attached hydrogens (tertiary/aromatic N) is 2. The van der Waals surface area contributed by atoms with Gasteiger partial charge in [0.15, 0.2) is 0 Å². The SMILES string of the molecule is CSCC[C@@H](NC(=O)c1cc(C2CC2)no1)c1nc2ccccc2[nH]1. The molecule has 2 N–H and O–H groups in total. The number of thioether (sulfide) groups is 1. The first-order valence-electron chi connectivity index (χ1n) is 8.45. The van der Waals surface area contributed by atoms with E-state index in [1.54, 1.807) is 17.8 Å². The molecule has 1 aliphatic carbocycles. The second-order valence-electron chi connectivity index (χ2n) is 6.34. The van der Waals surface area contributed by atoms with Crippen LogP contribution in [0.15, 0.2) is 34.9 Å². The van der Waals surface area contributed by atoms with Gasteiger partial charge >= 0.3 is 0 Å². The maximum Gasteiger partial charge on any atom is 0.290 e. The van der Waals surface area contributed by atoms with Gasteiger partial charge in [-0.05, 0) is 43.4 Å². The van der Waals surface area contributed by atoms with E-state index in [0.717, 1.165) is 47.6 Å². The number of carbonyl (C=O) groups is 1. The van der Waals surface area contributed by atoms with Gasteiger partial charge < -0.3 is 14.8 Å². The van der Waals surface area contributed by atoms with Crippen molar-refractivity contribution in [2.24, 2.45) is 0 Å². The monoisotopic (exact) mass is 356 g/mol. The van der Waals surface area contributed by atoms with Crippen molar-refractivity contribution in [3.05, 3.63) is 47.6 Å². The number of hydrogen-bond donors (Lipinski definition) is 2. The third kappa shape index (κ3) is 3.56. The number of H-pyrrole nitrogens is 1. The van der Waals surface area contributed by atoms with Gasteiger partial charge in [0.05, 0.1) is 22.8 Å². The Morgan fingerprint density at radius 2 is 2.28 bits per heavy atom. The summed E-state index contributed by atoms with van der Waals surface area (Å²) in [5, 5.41) is 7.05. The maximum atomic E-state index is 12.6. The predicted molar refractivity (Wildman–Crippen MR) is 97.8 cm³/mol. The molecule has 130 valence electrons. The van der Waals surface area contributed by atoms with Crippen molar-refractivity contribution in [1.29, 1.82) is 0 Å². The molecule has 25 heavy (non-hydrogen) atoms. The lowest BCUT2D eigenvalue weighted by molar-refractivity contribution is 0.0896. The summed E-state index contributed by atoms with van der Waals surface area (Å²) < 4.78 is 5.23. The van der Waals surface area contributed by atoms with E-state index in [1.807, 2.05) is 24.3 Å². The molecular weight excluding hydrogens is 336 g/mol. The molecule has 1 aromatic carbocycles. The molecule has 7 heteroatoms. The first-order valence-corrected chi connectivity index (χ1v) is 9.85. The Labute approximate surface area is 149 Å². The highest BCUT2D eigenvalue weighted by molar-refractivity contribution is 7.98. The number of amides is 1. The van der Waals surface area contributed by atoms with Crippen LogP contribution >= 0.6 is 11.8 Å². The van der Waals surface area contributed by atoms with Crippen LogP contribution in [0.25, 0.3) is 11.0 Å². The topological polar surface area (TPSA) is 83.8 Å². The van der Waals surface area contributed by atoms with Crippen LogP contribution in [0.5, 0.6) is 0 Å². The van der Waals surface area contributed by atoms with Crippen LogP contribution in [0, 0.1) is 0 Å². The van der Waals surface area contributed by atoms with Gasteiger partial charge in [0, 0.05) is 12.0 Å². The summed E-state index contributed by atoms with van der Waals surface area (Å²) in [6.45, 7) is 0. The summed E-state index contributed by atoms with van der Waals surface area (Å²) >= 11 is 1.74. The van der Waals surface area contributed by atoms with Crippen molar-refractivity contribution in [3.8, 4) is 0 Å². The number of aromatic nitrogens is 3. The first kappa shape index (κ1) is 16.2. The molecule has 1 aliphatic rings. The number of nitrogens with one attached hydrogen (secondary N) is 2. The number of hydrogen-bond acceptors (Lipinski definition) is 5. The van der Waals surface area contributed by atoms with Gasteiger partial charge in [-0.25, -0.2) is 4.98 Å². The highest BCUT2D eigenvalue weighted by atomic mass is 32.2. The molecule has 0 radical (unpaired) electrons. The first-order chi connectivity index (χ1) is 12.2. The fraction of sp³-hybridized carbons (Fsp3) is 0.389. The molecule has 2 heterocycles. The van der Waals surface area contributed by atoms with Crippen molar-refractivity contribution in [2.45, 2.75) is 31.2 Å². The van der Waals surface area contributed by atoms with Crippen molar-refractivity contribution >= 4 is 28.7 Å². The number of benzene rings is 1. The molecule has 0 spiro atoms. The molecule has 3 aromatic rings. The zero-order valence-electron chi connectivity index (χ0n) is 14.0. The fourth-order valence-corrected chi connectivity index (χ4v) is 3.32. The molecule has 4 rings (SSSR count). The number of para-hydroxylation sites is 2.